The van der Waals surface area contributed by atoms with Crippen molar-refractivity contribution in [3.63, 3.8) is 0 Å². The van der Waals surface area contributed by atoms with Crippen molar-refractivity contribution in [3.8, 4) is 17.1 Å². The minimum absolute atomic E-state index is 0.0523. The fraction of sp³-hybridized carbons (Fsp3) is 0.444. The predicted octanol–water partition coefficient (Wildman–Crippen LogP) is 1.57. The lowest BCUT2D eigenvalue weighted by Crippen LogP contribution is -2.48. The number of rotatable bonds is 4. The summed E-state index contributed by atoms with van der Waals surface area (Å²) >= 11 is 0. The van der Waals surface area contributed by atoms with Crippen LogP contribution in [0.25, 0.3) is 11.3 Å². The number of benzene rings is 1. The number of anilines is 1. The molecule has 0 amide bonds. The average Bonchev–Trinajstić information content (AvgIpc) is 3.26. The minimum atomic E-state index is -1.06. The Morgan fingerprint density at radius 2 is 2.08 bits per heavy atom. The van der Waals surface area contributed by atoms with E-state index >= 15 is 0 Å². The first kappa shape index (κ1) is 16.9. The van der Waals surface area contributed by atoms with Gasteiger partial charge in [-0.05, 0) is 31.3 Å². The van der Waals surface area contributed by atoms with Crippen LogP contribution in [0, 0.1) is 0 Å². The second kappa shape index (κ2) is 6.62. The Balaban J connectivity index is 1.67. The number of likely N-dealkylation sites (N-methyl/N-ethyl adjacent to an activating group) is 1. The fourth-order valence-corrected chi connectivity index (χ4v) is 3.66. The van der Waals surface area contributed by atoms with E-state index in [0.29, 0.717) is 36.8 Å². The topological polar surface area (TPSA) is 88.3 Å². The number of carbonyl (C=O) groups is 1. The molecule has 3 heterocycles. The Morgan fingerprint density at radius 1 is 1.31 bits per heavy atom. The molecule has 26 heavy (non-hydrogen) atoms. The van der Waals surface area contributed by atoms with Crippen molar-refractivity contribution in [2.45, 2.75) is 12.1 Å². The van der Waals surface area contributed by atoms with Crippen LogP contribution in [0.1, 0.15) is 10.4 Å². The van der Waals surface area contributed by atoms with Crippen LogP contribution < -0.4 is 9.64 Å². The number of ether oxygens (including phenoxy) is 2. The summed E-state index contributed by atoms with van der Waals surface area (Å²) in [4.78, 5) is 16.1. The lowest BCUT2D eigenvalue weighted by Gasteiger charge is -2.33. The van der Waals surface area contributed by atoms with Gasteiger partial charge in [0, 0.05) is 25.2 Å². The molecule has 1 N–H and O–H groups in total. The van der Waals surface area contributed by atoms with Gasteiger partial charge < -0.3 is 24.0 Å². The smallest absolute Gasteiger partial charge is 0.343 e. The maximum Gasteiger partial charge on any atom is 0.343 e. The molecular formula is C18H21N3O5. The first-order valence-electron chi connectivity index (χ1n) is 8.52. The van der Waals surface area contributed by atoms with Gasteiger partial charge in [-0.3, -0.25) is 4.90 Å². The second-order valence-corrected chi connectivity index (χ2v) is 6.61. The monoisotopic (exact) mass is 359 g/mol. The lowest BCUT2D eigenvalue weighted by atomic mass is 10.1. The number of aromatic carboxylic acids is 1. The van der Waals surface area contributed by atoms with Gasteiger partial charge in [0.15, 0.2) is 17.1 Å². The number of aromatic nitrogens is 1. The maximum absolute atomic E-state index is 11.9. The third-order valence-electron chi connectivity index (χ3n) is 5.12. The van der Waals surface area contributed by atoms with Gasteiger partial charge in [0.25, 0.3) is 0 Å². The molecule has 0 spiro atoms. The summed E-state index contributed by atoms with van der Waals surface area (Å²) in [5, 5.41) is 13.9. The van der Waals surface area contributed by atoms with Gasteiger partial charge in [-0.1, -0.05) is 5.16 Å². The van der Waals surface area contributed by atoms with Crippen LogP contribution >= 0.6 is 0 Å². The molecular weight excluding hydrogens is 338 g/mol. The molecule has 2 aliphatic heterocycles. The highest BCUT2D eigenvalue weighted by Gasteiger charge is 2.41. The molecule has 2 aliphatic rings. The van der Waals surface area contributed by atoms with E-state index in [-0.39, 0.29) is 23.5 Å². The Kier molecular flexibility index (Phi) is 4.29. The van der Waals surface area contributed by atoms with Crippen molar-refractivity contribution in [1.29, 1.82) is 0 Å². The minimum Gasteiger partial charge on any atom is -0.497 e. The number of nitrogens with zero attached hydrogens (tertiary/aromatic N) is 3. The maximum atomic E-state index is 11.9. The summed E-state index contributed by atoms with van der Waals surface area (Å²) in [5.74, 6) is 0.236. The molecule has 1 aromatic carbocycles. The van der Waals surface area contributed by atoms with Gasteiger partial charge >= 0.3 is 5.97 Å². The van der Waals surface area contributed by atoms with Crippen molar-refractivity contribution in [2.75, 3.05) is 45.3 Å². The SMILES string of the molecule is COc1ccc(-c2onc(N3C[C@@H]4OCCN(C)[C@H]4C3)c2C(=O)O)cc1. The molecule has 2 saturated heterocycles. The summed E-state index contributed by atoms with van der Waals surface area (Å²) in [5.41, 5.74) is 0.725. The van der Waals surface area contributed by atoms with E-state index < -0.39 is 5.97 Å². The number of carboxylic acids is 1. The molecule has 138 valence electrons. The molecule has 2 aromatic rings. The number of hydrogen-bond donors (Lipinski definition) is 1. The van der Waals surface area contributed by atoms with Gasteiger partial charge in [-0.15, -0.1) is 0 Å². The van der Waals surface area contributed by atoms with Crippen LogP contribution in [0.3, 0.4) is 0 Å². The first-order chi connectivity index (χ1) is 12.6. The molecule has 8 nitrogen and oxygen atoms in total. The van der Waals surface area contributed by atoms with Crippen LogP contribution in [0.15, 0.2) is 28.8 Å². The lowest BCUT2D eigenvalue weighted by molar-refractivity contribution is -0.0362. The van der Waals surface area contributed by atoms with Crippen molar-refractivity contribution in [1.82, 2.24) is 10.1 Å². The van der Waals surface area contributed by atoms with E-state index in [4.69, 9.17) is 14.0 Å². The van der Waals surface area contributed by atoms with Crippen LogP contribution in [0.2, 0.25) is 0 Å². The largest absolute Gasteiger partial charge is 0.497 e. The Morgan fingerprint density at radius 3 is 2.73 bits per heavy atom. The van der Waals surface area contributed by atoms with Gasteiger partial charge in [0.1, 0.15) is 5.75 Å². The van der Waals surface area contributed by atoms with Gasteiger partial charge in [-0.2, -0.15) is 0 Å². The zero-order valence-electron chi connectivity index (χ0n) is 14.7. The molecule has 0 bridgehead atoms. The van der Waals surface area contributed by atoms with Crippen molar-refractivity contribution >= 4 is 11.8 Å². The zero-order valence-corrected chi connectivity index (χ0v) is 14.7. The fourth-order valence-electron chi connectivity index (χ4n) is 3.66. The standard InChI is InChI=1S/C18H21N3O5/c1-20-7-8-25-14-10-21(9-13(14)20)17-15(18(22)23)16(26-19-17)11-3-5-12(24-2)6-4-11/h3-6,13-14H,7-10H2,1-2H3,(H,22,23)/t13-,14-/m0/s1. The number of hydrogen-bond acceptors (Lipinski definition) is 7. The molecule has 0 unspecified atom stereocenters. The Labute approximate surface area is 150 Å². The molecule has 0 radical (unpaired) electrons. The third kappa shape index (κ3) is 2.81. The van der Waals surface area contributed by atoms with Gasteiger partial charge in [0.2, 0.25) is 0 Å². The van der Waals surface area contributed by atoms with E-state index in [9.17, 15) is 9.90 Å². The van der Waals surface area contributed by atoms with E-state index in [1.54, 1.807) is 31.4 Å². The van der Waals surface area contributed by atoms with Gasteiger partial charge in [0.05, 0.1) is 25.9 Å². The molecule has 0 saturated carbocycles. The average molecular weight is 359 g/mol. The van der Waals surface area contributed by atoms with E-state index in [2.05, 4.69) is 17.1 Å². The van der Waals surface area contributed by atoms with Crippen molar-refractivity contribution in [2.24, 2.45) is 0 Å². The van der Waals surface area contributed by atoms with Gasteiger partial charge in [-0.25, -0.2) is 4.79 Å². The molecule has 2 atom stereocenters. The highest BCUT2D eigenvalue weighted by atomic mass is 16.5. The number of morpholine rings is 1. The molecule has 4 rings (SSSR count). The van der Waals surface area contributed by atoms with E-state index in [0.717, 1.165) is 6.54 Å². The second-order valence-electron chi connectivity index (χ2n) is 6.61. The number of fused-ring (bicyclic) bond motifs is 1. The van der Waals surface area contributed by atoms with E-state index in [1.807, 2.05) is 4.90 Å². The molecule has 2 fully saturated rings. The van der Waals surface area contributed by atoms with Crippen LogP contribution in [-0.4, -0.2) is 73.7 Å². The number of carboxylic acid groups (broad SMARTS) is 1. The highest BCUT2D eigenvalue weighted by Crippen LogP contribution is 2.35. The van der Waals surface area contributed by atoms with Crippen LogP contribution in [0.5, 0.6) is 5.75 Å². The van der Waals surface area contributed by atoms with Crippen LogP contribution in [0.4, 0.5) is 5.82 Å². The predicted molar refractivity (Wildman–Crippen MR) is 93.8 cm³/mol. The first-order valence-corrected chi connectivity index (χ1v) is 8.52. The third-order valence-corrected chi connectivity index (χ3v) is 5.12. The summed E-state index contributed by atoms with van der Waals surface area (Å²) in [6.45, 7) is 2.82. The Bertz CT molecular complexity index is 804. The summed E-state index contributed by atoms with van der Waals surface area (Å²) in [6.07, 6.45) is 0.0523. The van der Waals surface area contributed by atoms with Crippen molar-refractivity contribution in [3.05, 3.63) is 29.8 Å². The van der Waals surface area contributed by atoms with Crippen LogP contribution in [-0.2, 0) is 4.74 Å². The Hall–Kier alpha value is -2.58. The zero-order chi connectivity index (χ0) is 18.3. The summed E-state index contributed by atoms with van der Waals surface area (Å²) < 4.78 is 16.4. The summed E-state index contributed by atoms with van der Waals surface area (Å²) in [6, 6.07) is 7.27. The summed E-state index contributed by atoms with van der Waals surface area (Å²) in [7, 11) is 3.64. The van der Waals surface area contributed by atoms with E-state index in [1.165, 1.54) is 0 Å². The molecule has 1 aromatic heterocycles. The normalized spacial score (nSPS) is 23.1. The quantitative estimate of drug-likeness (QED) is 0.880. The van der Waals surface area contributed by atoms with Crippen molar-refractivity contribution < 1.29 is 23.9 Å². The molecule has 8 heteroatoms. The highest BCUT2D eigenvalue weighted by molar-refractivity contribution is 5.99. The molecule has 0 aliphatic carbocycles. The number of methoxy groups -OCH3 is 1.